The number of rotatable bonds is 3. The van der Waals surface area contributed by atoms with Crippen LogP contribution in [0.25, 0.3) is 0 Å². The third-order valence-electron chi connectivity index (χ3n) is 5.00. The Morgan fingerprint density at radius 1 is 1.33 bits per heavy atom. The van der Waals surface area contributed by atoms with Crippen LogP contribution in [0.15, 0.2) is 29.8 Å². The van der Waals surface area contributed by atoms with Crippen molar-refractivity contribution < 1.29 is 13.6 Å². The highest BCUT2D eigenvalue weighted by Gasteiger charge is 2.47. The second-order valence-electron chi connectivity index (χ2n) is 6.61. The van der Waals surface area contributed by atoms with E-state index in [-0.39, 0.29) is 17.7 Å². The predicted octanol–water partition coefficient (Wildman–Crippen LogP) is 3.93. The first-order valence-electron chi connectivity index (χ1n) is 8.26. The van der Waals surface area contributed by atoms with Crippen LogP contribution in [-0.4, -0.2) is 28.9 Å². The Morgan fingerprint density at radius 3 is 2.96 bits per heavy atom. The number of piperidine rings is 1. The molecule has 0 radical (unpaired) electrons. The maximum atomic E-state index is 13.9. The lowest BCUT2D eigenvalue weighted by Gasteiger charge is -2.32. The first-order valence-corrected chi connectivity index (χ1v) is 9.14. The van der Waals surface area contributed by atoms with Crippen LogP contribution in [0.2, 0.25) is 0 Å². The molecule has 6 heteroatoms. The second kappa shape index (κ2) is 6.24. The number of hydrogen-bond donors (Lipinski definition) is 0. The number of halogens is 2. The van der Waals surface area contributed by atoms with Crippen LogP contribution in [0.5, 0.6) is 0 Å². The predicted molar refractivity (Wildman–Crippen MR) is 87.9 cm³/mol. The highest BCUT2D eigenvalue weighted by atomic mass is 32.1. The third-order valence-corrected chi connectivity index (χ3v) is 5.94. The topological polar surface area (TPSA) is 33.2 Å². The lowest BCUT2D eigenvalue weighted by Crippen LogP contribution is -2.40. The summed E-state index contributed by atoms with van der Waals surface area (Å²) in [7, 11) is 0. The molecule has 2 heterocycles. The van der Waals surface area contributed by atoms with Crippen molar-refractivity contribution in [2.45, 2.75) is 31.1 Å². The molecule has 0 N–H and O–H groups in total. The normalized spacial score (nSPS) is 26.4. The van der Waals surface area contributed by atoms with E-state index in [1.807, 2.05) is 10.3 Å². The lowest BCUT2D eigenvalue weighted by atomic mass is 9.98. The molecule has 2 aromatic rings. The summed E-state index contributed by atoms with van der Waals surface area (Å²) in [4.78, 5) is 19.0. The molecule has 1 saturated heterocycles. The summed E-state index contributed by atoms with van der Waals surface area (Å²) in [6.45, 7) is 1.46. The van der Waals surface area contributed by atoms with Crippen LogP contribution in [0.3, 0.4) is 0 Å². The quantitative estimate of drug-likeness (QED) is 0.842. The molecule has 1 amide bonds. The molecule has 1 saturated carbocycles. The van der Waals surface area contributed by atoms with E-state index in [0.29, 0.717) is 24.4 Å². The molecule has 1 aromatic heterocycles. The SMILES string of the molecule is O=C([C@@H]1C[C@@H]1c1ccc(F)cc1F)N1CCC[C@H](c2nccs2)C1. The number of thiazole rings is 1. The van der Waals surface area contributed by atoms with Gasteiger partial charge in [0.2, 0.25) is 5.91 Å². The van der Waals surface area contributed by atoms with Crippen molar-refractivity contribution in [3.8, 4) is 0 Å². The number of carbonyl (C=O) groups excluding carboxylic acids is 1. The number of carbonyl (C=O) groups is 1. The van der Waals surface area contributed by atoms with E-state index < -0.39 is 11.6 Å². The molecule has 24 heavy (non-hydrogen) atoms. The van der Waals surface area contributed by atoms with Gasteiger partial charge < -0.3 is 4.90 Å². The molecule has 1 aromatic carbocycles. The molecule has 0 spiro atoms. The van der Waals surface area contributed by atoms with Gasteiger partial charge in [-0.3, -0.25) is 4.79 Å². The van der Waals surface area contributed by atoms with Gasteiger partial charge in [0, 0.05) is 42.6 Å². The van der Waals surface area contributed by atoms with Crippen LogP contribution in [0.4, 0.5) is 8.78 Å². The zero-order valence-corrected chi connectivity index (χ0v) is 13.9. The zero-order valence-electron chi connectivity index (χ0n) is 13.1. The minimum Gasteiger partial charge on any atom is -0.342 e. The van der Waals surface area contributed by atoms with Gasteiger partial charge in [-0.2, -0.15) is 0 Å². The molecule has 126 valence electrons. The van der Waals surface area contributed by atoms with Crippen LogP contribution in [0.1, 0.15) is 41.7 Å². The van der Waals surface area contributed by atoms with Gasteiger partial charge in [-0.1, -0.05) is 6.07 Å². The number of nitrogens with zero attached hydrogens (tertiary/aromatic N) is 2. The number of amides is 1. The van der Waals surface area contributed by atoms with E-state index >= 15 is 0 Å². The highest BCUT2D eigenvalue weighted by molar-refractivity contribution is 7.09. The minimum atomic E-state index is -0.581. The lowest BCUT2D eigenvalue weighted by molar-refractivity contribution is -0.133. The number of likely N-dealkylation sites (tertiary alicyclic amines) is 1. The maximum Gasteiger partial charge on any atom is 0.226 e. The van der Waals surface area contributed by atoms with Gasteiger partial charge in [-0.15, -0.1) is 11.3 Å². The largest absolute Gasteiger partial charge is 0.342 e. The molecule has 2 aliphatic rings. The first kappa shape index (κ1) is 15.7. The zero-order chi connectivity index (χ0) is 16.7. The van der Waals surface area contributed by atoms with Gasteiger partial charge in [0.1, 0.15) is 11.6 Å². The smallest absolute Gasteiger partial charge is 0.226 e. The van der Waals surface area contributed by atoms with Crippen molar-refractivity contribution in [2.75, 3.05) is 13.1 Å². The molecular formula is C18H18F2N2OS. The van der Waals surface area contributed by atoms with E-state index in [0.717, 1.165) is 30.5 Å². The summed E-state index contributed by atoms with van der Waals surface area (Å²) in [5.74, 6) is -0.998. The van der Waals surface area contributed by atoms with E-state index in [1.54, 1.807) is 17.5 Å². The number of benzene rings is 1. The van der Waals surface area contributed by atoms with Gasteiger partial charge >= 0.3 is 0 Å². The van der Waals surface area contributed by atoms with E-state index in [1.165, 1.54) is 12.1 Å². The molecule has 3 nitrogen and oxygen atoms in total. The molecular weight excluding hydrogens is 330 g/mol. The highest BCUT2D eigenvalue weighted by Crippen LogP contribution is 2.49. The van der Waals surface area contributed by atoms with Gasteiger partial charge in [0.25, 0.3) is 0 Å². The Morgan fingerprint density at radius 2 is 2.21 bits per heavy atom. The molecule has 1 aliphatic carbocycles. The fourth-order valence-electron chi connectivity index (χ4n) is 3.66. The van der Waals surface area contributed by atoms with Crippen molar-refractivity contribution in [2.24, 2.45) is 5.92 Å². The summed E-state index contributed by atoms with van der Waals surface area (Å²) in [6, 6.07) is 3.63. The Hall–Kier alpha value is -1.82. The van der Waals surface area contributed by atoms with E-state index in [9.17, 15) is 13.6 Å². The van der Waals surface area contributed by atoms with Crippen molar-refractivity contribution in [1.82, 2.24) is 9.88 Å². The fraction of sp³-hybridized carbons (Fsp3) is 0.444. The summed E-state index contributed by atoms with van der Waals surface area (Å²) < 4.78 is 26.9. The van der Waals surface area contributed by atoms with Crippen molar-refractivity contribution >= 4 is 17.2 Å². The van der Waals surface area contributed by atoms with Gasteiger partial charge in [0.15, 0.2) is 0 Å². The average molecular weight is 348 g/mol. The molecule has 0 unspecified atom stereocenters. The van der Waals surface area contributed by atoms with Crippen molar-refractivity contribution in [3.05, 3.63) is 52.0 Å². The van der Waals surface area contributed by atoms with E-state index in [2.05, 4.69) is 4.98 Å². The average Bonchev–Trinajstić information content (AvgIpc) is 3.17. The fourth-order valence-corrected chi connectivity index (χ4v) is 4.43. The monoisotopic (exact) mass is 348 g/mol. The molecule has 2 fully saturated rings. The van der Waals surface area contributed by atoms with Gasteiger partial charge in [0.05, 0.1) is 5.01 Å². The van der Waals surface area contributed by atoms with Crippen LogP contribution in [0, 0.1) is 17.6 Å². The summed E-state index contributed by atoms with van der Waals surface area (Å²) in [6.07, 6.45) is 4.48. The van der Waals surface area contributed by atoms with Crippen LogP contribution in [-0.2, 0) is 4.79 Å². The first-order chi connectivity index (χ1) is 11.6. The maximum absolute atomic E-state index is 13.9. The number of hydrogen-bond acceptors (Lipinski definition) is 3. The van der Waals surface area contributed by atoms with Crippen LogP contribution >= 0.6 is 11.3 Å². The molecule has 4 rings (SSSR count). The second-order valence-corrected chi connectivity index (χ2v) is 7.53. The Kier molecular flexibility index (Phi) is 4.08. The van der Waals surface area contributed by atoms with Crippen molar-refractivity contribution in [3.63, 3.8) is 0 Å². The van der Waals surface area contributed by atoms with Crippen molar-refractivity contribution in [1.29, 1.82) is 0 Å². The Bertz CT molecular complexity index is 749. The summed E-state index contributed by atoms with van der Waals surface area (Å²) >= 11 is 1.63. The summed E-state index contributed by atoms with van der Waals surface area (Å²) in [5, 5.41) is 3.05. The Balaban J connectivity index is 1.43. The Labute approximate surface area is 143 Å². The molecule has 0 bridgehead atoms. The third kappa shape index (κ3) is 2.95. The number of aromatic nitrogens is 1. The van der Waals surface area contributed by atoms with Gasteiger partial charge in [-0.05, 0) is 36.8 Å². The van der Waals surface area contributed by atoms with Crippen LogP contribution < -0.4 is 0 Å². The summed E-state index contributed by atoms with van der Waals surface area (Å²) in [5.41, 5.74) is 0.461. The standard InChI is InChI=1S/C18H18F2N2OS/c19-12-3-4-13(16(20)8-12)14-9-15(14)18(23)22-6-1-2-11(10-22)17-21-5-7-24-17/h3-5,7-8,11,14-15H,1-2,6,9-10H2/t11-,14+,15+/m0/s1. The molecule has 1 aliphatic heterocycles. The van der Waals surface area contributed by atoms with E-state index in [4.69, 9.17) is 0 Å². The minimum absolute atomic E-state index is 0.102. The molecule has 3 atom stereocenters. The van der Waals surface area contributed by atoms with Gasteiger partial charge in [-0.25, -0.2) is 13.8 Å².